The maximum Gasteiger partial charge on any atom is 0.338 e. The molecule has 0 radical (unpaired) electrons. The molecule has 158 valence electrons. The van der Waals surface area contributed by atoms with Crippen LogP contribution >= 0.6 is 0 Å². The van der Waals surface area contributed by atoms with Crippen molar-refractivity contribution in [2.45, 2.75) is 24.4 Å². The van der Waals surface area contributed by atoms with Gasteiger partial charge in [-0.15, -0.1) is 0 Å². The van der Waals surface area contributed by atoms with E-state index in [-0.39, 0.29) is 13.2 Å². The van der Waals surface area contributed by atoms with Crippen molar-refractivity contribution >= 4 is 11.9 Å². The molecule has 2 aliphatic rings. The summed E-state index contributed by atoms with van der Waals surface area (Å²) >= 11 is 0. The Morgan fingerprint density at radius 2 is 1.07 bits per heavy atom. The summed E-state index contributed by atoms with van der Waals surface area (Å²) in [6.45, 7) is 0.349. The zero-order chi connectivity index (χ0) is 21.1. The second-order valence-electron chi connectivity index (χ2n) is 6.94. The van der Waals surface area contributed by atoms with Gasteiger partial charge in [0.25, 0.3) is 0 Å². The molecule has 4 atom stereocenters. The van der Waals surface area contributed by atoms with Crippen LogP contribution < -0.4 is 9.47 Å². The smallest absolute Gasteiger partial charge is 0.338 e. The summed E-state index contributed by atoms with van der Waals surface area (Å²) in [5, 5.41) is 0. The number of methoxy groups -OCH3 is 2. The summed E-state index contributed by atoms with van der Waals surface area (Å²) in [7, 11) is 3.11. The Kier molecular flexibility index (Phi) is 5.87. The van der Waals surface area contributed by atoms with Gasteiger partial charge in [-0.25, -0.2) is 9.59 Å². The van der Waals surface area contributed by atoms with Crippen LogP contribution in [0.3, 0.4) is 0 Å². The molecule has 2 heterocycles. The molecule has 2 unspecified atom stereocenters. The van der Waals surface area contributed by atoms with Crippen LogP contribution in [-0.2, 0) is 18.9 Å². The highest BCUT2D eigenvalue weighted by atomic mass is 16.7. The van der Waals surface area contributed by atoms with Crippen molar-refractivity contribution in [2.75, 3.05) is 27.4 Å². The van der Waals surface area contributed by atoms with Crippen LogP contribution in [0.2, 0.25) is 0 Å². The standard InChI is InChI=1S/C22H22O8/c1-25-15-7-3-13(4-8-15)21(23)29-17-11-27-20-18(12-28-19(17)20)30-22(24)14-5-9-16(26-2)10-6-14/h3-10,17-20H,11-12H2,1-2H3/t17?,18?,19-,20-/m1/s1. The molecule has 0 N–H and O–H groups in total. The molecular formula is C22H22O8. The number of hydrogen-bond acceptors (Lipinski definition) is 8. The molecule has 30 heavy (non-hydrogen) atoms. The Labute approximate surface area is 173 Å². The number of carbonyl (C=O) groups excluding carboxylic acids is 2. The van der Waals surface area contributed by atoms with Gasteiger partial charge in [-0.3, -0.25) is 0 Å². The largest absolute Gasteiger partial charge is 0.497 e. The first kappa shape index (κ1) is 20.2. The van der Waals surface area contributed by atoms with Crippen LogP contribution in [0.15, 0.2) is 48.5 Å². The van der Waals surface area contributed by atoms with E-state index in [1.165, 1.54) is 0 Å². The van der Waals surface area contributed by atoms with E-state index in [0.717, 1.165) is 0 Å². The molecule has 0 saturated carbocycles. The van der Waals surface area contributed by atoms with Gasteiger partial charge >= 0.3 is 11.9 Å². The maximum atomic E-state index is 12.4. The van der Waals surface area contributed by atoms with E-state index in [4.69, 9.17) is 28.4 Å². The second kappa shape index (κ2) is 8.73. The number of ether oxygens (including phenoxy) is 6. The van der Waals surface area contributed by atoms with Crippen LogP contribution in [0.5, 0.6) is 11.5 Å². The van der Waals surface area contributed by atoms with Gasteiger partial charge in [0.1, 0.15) is 23.7 Å². The van der Waals surface area contributed by atoms with Gasteiger partial charge in [-0.1, -0.05) is 0 Å². The fourth-order valence-corrected chi connectivity index (χ4v) is 3.50. The van der Waals surface area contributed by atoms with Gasteiger partial charge in [0.15, 0.2) is 12.2 Å². The molecule has 2 aliphatic heterocycles. The van der Waals surface area contributed by atoms with Crippen LogP contribution in [0.25, 0.3) is 0 Å². The van der Waals surface area contributed by atoms with Gasteiger partial charge in [0, 0.05) is 0 Å². The molecule has 2 saturated heterocycles. The molecule has 2 aromatic rings. The fourth-order valence-electron chi connectivity index (χ4n) is 3.50. The summed E-state index contributed by atoms with van der Waals surface area (Å²) in [5.41, 5.74) is 0.805. The van der Waals surface area contributed by atoms with Crippen LogP contribution in [0.4, 0.5) is 0 Å². The lowest BCUT2D eigenvalue weighted by Crippen LogP contribution is -2.36. The molecule has 2 fully saturated rings. The number of rotatable bonds is 6. The number of fused-ring (bicyclic) bond motifs is 1. The molecular weight excluding hydrogens is 392 g/mol. The molecule has 0 spiro atoms. The Bertz CT molecular complexity index is 817. The Morgan fingerprint density at radius 1 is 0.700 bits per heavy atom. The Balaban J connectivity index is 1.34. The third-order valence-corrected chi connectivity index (χ3v) is 5.13. The first-order valence-corrected chi connectivity index (χ1v) is 9.52. The minimum Gasteiger partial charge on any atom is -0.497 e. The second-order valence-corrected chi connectivity index (χ2v) is 6.94. The number of hydrogen-bond donors (Lipinski definition) is 0. The van der Waals surface area contributed by atoms with Crippen molar-refractivity contribution < 1.29 is 38.0 Å². The maximum absolute atomic E-state index is 12.4. The lowest BCUT2D eigenvalue weighted by atomic mass is 10.1. The summed E-state index contributed by atoms with van der Waals surface area (Å²) in [4.78, 5) is 24.8. The monoisotopic (exact) mass is 414 g/mol. The molecule has 2 aromatic carbocycles. The Hall–Kier alpha value is -3.10. The van der Waals surface area contributed by atoms with E-state index in [1.807, 2.05) is 0 Å². The molecule has 0 aromatic heterocycles. The van der Waals surface area contributed by atoms with Crippen molar-refractivity contribution in [2.24, 2.45) is 0 Å². The quantitative estimate of drug-likeness (QED) is 0.665. The van der Waals surface area contributed by atoms with E-state index in [1.54, 1.807) is 62.8 Å². The van der Waals surface area contributed by atoms with Gasteiger partial charge in [0.2, 0.25) is 0 Å². The zero-order valence-corrected chi connectivity index (χ0v) is 16.6. The molecule has 0 amide bonds. The molecule has 8 heteroatoms. The van der Waals surface area contributed by atoms with Gasteiger partial charge < -0.3 is 28.4 Å². The van der Waals surface area contributed by atoms with E-state index >= 15 is 0 Å². The summed E-state index contributed by atoms with van der Waals surface area (Å²) in [6.07, 6.45) is -2.12. The lowest BCUT2D eigenvalue weighted by Gasteiger charge is -2.17. The van der Waals surface area contributed by atoms with Crippen molar-refractivity contribution in [1.29, 1.82) is 0 Å². The highest BCUT2D eigenvalue weighted by molar-refractivity contribution is 5.90. The van der Waals surface area contributed by atoms with Crippen molar-refractivity contribution in [1.82, 2.24) is 0 Å². The van der Waals surface area contributed by atoms with Gasteiger partial charge in [-0.05, 0) is 48.5 Å². The highest BCUT2D eigenvalue weighted by Crippen LogP contribution is 2.31. The summed E-state index contributed by atoms with van der Waals surface area (Å²) < 4.78 is 32.8. The van der Waals surface area contributed by atoms with Crippen LogP contribution in [0.1, 0.15) is 20.7 Å². The van der Waals surface area contributed by atoms with E-state index in [0.29, 0.717) is 22.6 Å². The molecule has 0 bridgehead atoms. The number of benzene rings is 2. The molecule has 0 aliphatic carbocycles. The fraction of sp³-hybridized carbons (Fsp3) is 0.364. The first-order valence-electron chi connectivity index (χ1n) is 9.52. The first-order chi connectivity index (χ1) is 14.6. The van der Waals surface area contributed by atoms with Crippen molar-refractivity contribution in [3.63, 3.8) is 0 Å². The number of esters is 2. The average Bonchev–Trinajstić information content (AvgIpc) is 3.37. The summed E-state index contributed by atoms with van der Waals surface area (Å²) in [5.74, 6) is 0.344. The zero-order valence-electron chi connectivity index (χ0n) is 16.6. The van der Waals surface area contributed by atoms with Crippen LogP contribution in [-0.4, -0.2) is 63.8 Å². The van der Waals surface area contributed by atoms with Crippen molar-refractivity contribution in [3.05, 3.63) is 59.7 Å². The average molecular weight is 414 g/mol. The topological polar surface area (TPSA) is 89.5 Å². The predicted octanol–water partition coefficient (Wildman–Crippen LogP) is 2.25. The van der Waals surface area contributed by atoms with Gasteiger partial charge in [-0.2, -0.15) is 0 Å². The van der Waals surface area contributed by atoms with E-state index in [9.17, 15) is 9.59 Å². The lowest BCUT2D eigenvalue weighted by molar-refractivity contribution is -0.0287. The predicted molar refractivity (Wildman–Crippen MR) is 104 cm³/mol. The SMILES string of the molecule is COc1ccc(C(=O)OC2CO[C@@H]3C(OC(=O)c4ccc(OC)cc4)CO[C@H]23)cc1. The minimum absolute atomic E-state index is 0.174. The normalized spacial score (nSPS) is 24.7. The molecule has 8 nitrogen and oxygen atoms in total. The van der Waals surface area contributed by atoms with E-state index in [2.05, 4.69) is 0 Å². The highest BCUT2D eigenvalue weighted by Gasteiger charge is 2.51. The van der Waals surface area contributed by atoms with E-state index < -0.39 is 36.4 Å². The molecule has 4 rings (SSSR count). The summed E-state index contributed by atoms with van der Waals surface area (Å²) in [6, 6.07) is 13.3. The minimum atomic E-state index is -0.575. The third-order valence-electron chi connectivity index (χ3n) is 5.13. The third kappa shape index (κ3) is 4.10. The number of carbonyl (C=O) groups is 2. The van der Waals surface area contributed by atoms with Crippen LogP contribution in [0, 0.1) is 0 Å². The van der Waals surface area contributed by atoms with Gasteiger partial charge in [0.05, 0.1) is 38.6 Å². The van der Waals surface area contributed by atoms with Crippen molar-refractivity contribution in [3.8, 4) is 11.5 Å². The Morgan fingerprint density at radius 3 is 1.40 bits per heavy atom.